The Balaban J connectivity index is 1.71. The lowest BCUT2D eigenvalue weighted by Gasteiger charge is -2.34. The van der Waals surface area contributed by atoms with Crippen LogP contribution in [0.4, 0.5) is 14.9 Å². The minimum absolute atomic E-state index is 0.112. The van der Waals surface area contributed by atoms with E-state index in [9.17, 15) is 22.4 Å². The maximum absolute atomic E-state index is 14.6. The van der Waals surface area contributed by atoms with Gasteiger partial charge >= 0.3 is 11.8 Å². The zero-order chi connectivity index (χ0) is 32.3. The van der Waals surface area contributed by atoms with Gasteiger partial charge in [0.25, 0.3) is 0 Å². The lowest BCUT2D eigenvalue weighted by Crippen LogP contribution is -2.42. The molecule has 234 valence electrons. The number of hydrogen-bond donors (Lipinski definition) is 1. The predicted molar refractivity (Wildman–Crippen MR) is 166 cm³/mol. The number of benzene rings is 2. The molecule has 0 aliphatic carbocycles. The topological polar surface area (TPSA) is 120 Å². The quantitative estimate of drug-likeness (QED) is 0.336. The number of anilines is 1. The zero-order valence-corrected chi connectivity index (χ0v) is 26.9. The lowest BCUT2D eigenvalue weighted by atomic mass is 10.00. The van der Waals surface area contributed by atoms with Gasteiger partial charge in [-0.15, -0.1) is 0 Å². The van der Waals surface area contributed by atoms with E-state index in [1.807, 2.05) is 6.92 Å². The van der Waals surface area contributed by atoms with Gasteiger partial charge in [-0.3, -0.25) is 9.13 Å². The van der Waals surface area contributed by atoms with Crippen molar-refractivity contribution in [1.29, 1.82) is 0 Å². The molecule has 4 aromatic rings. The molecule has 1 amide bonds. The molecule has 2 aromatic heterocycles. The Labute approximate surface area is 255 Å². The van der Waals surface area contributed by atoms with E-state index in [1.165, 1.54) is 15.2 Å². The fraction of sp³-hybridized carbons (Fsp3) is 0.387. The summed E-state index contributed by atoms with van der Waals surface area (Å²) in [5.74, 6) is 0.0920. The van der Waals surface area contributed by atoms with Crippen molar-refractivity contribution < 1.29 is 22.3 Å². The minimum atomic E-state index is -3.51. The molecule has 1 atom stereocenters. The number of imidazole rings is 1. The van der Waals surface area contributed by atoms with E-state index in [0.717, 1.165) is 6.26 Å². The Hall–Kier alpha value is -4.39. The average Bonchev–Trinajstić information content (AvgIpc) is 3.50. The summed E-state index contributed by atoms with van der Waals surface area (Å²) in [5, 5.41) is 7.78. The summed E-state index contributed by atoms with van der Waals surface area (Å²) in [6.07, 6.45) is 4.25. The first-order valence-electron chi connectivity index (χ1n) is 14.2. The molecule has 13 heteroatoms. The summed E-state index contributed by atoms with van der Waals surface area (Å²) in [6, 6.07) is 7.46. The van der Waals surface area contributed by atoms with Gasteiger partial charge in [0.05, 0.1) is 33.7 Å². The van der Waals surface area contributed by atoms with Crippen molar-refractivity contribution in [2.75, 3.05) is 25.2 Å². The molecule has 1 aliphatic heterocycles. The fourth-order valence-corrected chi connectivity index (χ4v) is 6.48. The number of nitrogens with one attached hydrogen (secondary N) is 1. The summed E-state index contributed by atoms with van der Waals surface area (Å²) < 4.78 is 49.3. The molecule has 1 N–H and O–H groups in total. The molecular formula is C31H37FN6O5S. The maximum Gasteiger partial charge on any atom is 0.410 e. The van der Waals surface area contributed by atoms with Crippen molar-refractivity contribution in [3.63, 3.8) is 0 Å². The minimum Gasteiger partial charge on any atom is -0.444 e. The highest BCUT2D eigenvalue weighted by Crippen LogP contribution is 2.36. The van der Waals surface area contributed by atoms with E-state index in [-0.39, 0.29) is 10.7 Å². The number of ether oxygens (including phenoxy) is 1. The van der Waals surface area contributed by atoms with E-state index >= 15 is 0 Å². The molecule has 3 heterocycles. The van der Waals surface area contributed by atoms with Gasteiger partial charge in [0, 0.05) is 44.2 Å². The monoisotopic (exact) mass is 624 g/mol. The average molecular weight is 625 g/mol. The van der Waals surface area contributed by atoms with Crippen molar-refractivity contribution >= 4 is 21.6 Å². The Morgan fingerprint density at radius 1 is 1.07 bits per heavy atom. The van der Waals surface area contributed by atoms with Crippen LogP contribution in [0.3, 0.4) is 0 Å². The van der Waals surface area contributed by atoms with Gasteiger partial charge in [-0.2, -0.15) is 5.10 Å². The van der Waals surface area contributed by atoms with Gasteiger partial charge in [-0.05, 0) is 83.0 Å². The molecule has 0 saturated carbocycles. The molecule has 0 radical (unpaired) electrons. The SMILES string of the molecule is CNc1cc(-n2ccn(-c3c4c(nn3-c3cc(C)c(F)c(C)c3)CCN(C(=O)OC(C)(C)C)[C@H]4C)c2=O)ccc1S(C)(=O)=O. The van der Waals surface area contributed by atoms with Gasteiger partial charge in [0.15, 0.2) is 9.84 Å². The number of rotatable bonds is 5. The van der Waals surface area contributed by atoms with E-state index in [2.05, 4.69) is 5.32 Å². The molecule has 44 heavy (non-hydrogen) atoms. The number of aryl methyl sites for hydroxylation is 2. The number of hydrogen-bond acceptors (Lipinski definition) is 7. The van der Waals surface area contributed by atoms with Crippen LogP contribution in [0.5, 0.6) is 0 Å². The van der Waals surface area contributed by atoms with Crippen molar-refractivity contribution in [3.05, 3.63) is 81.4 Å². The molecule has 0 fully saturated rings. The van der Waals surface area contributed by atoms with Crippen molar-refractivity contribution in [2.24, 2.45) is 0 Å². The summed E-state index contributed by atoms with van der Waals surface area (Å²) in [6.45, 7) is 11.0. The smallest absolute Gasteiger partial charge is 0.410 e. The van der Waals surface area contributed by atoms with Gasteiger partial charge in [-0.25, -0.2) is 27.1 Å². The van der Waals surface area contributed by atoms with Crippen LogP contribution in [0.2, 0.25) is 0 Å². The first-order valence-corrected chi connectivity index (χ1v) is 16.1. The highest BCUT2D eigenvalue weighted by molar-refractivity contribution is 7.90. The largest absolute Gasteiger partial charge is 0.444 e. The third-order valence-corrected chi connectivity index (χ3v) is 8.81. The van der Waals surface area contributed by atoms with Crippen LogP contribution in [-0.2, 0) is 21.0 Å². The lowest BCUT2D eigenvalue weighted by molar-refractivity contribution is 0.0159. The van der Waals surface area contributed by atoms with E-state index in [0.29, 0.717) is 58.2 Å². The van der Waals surface area contributed by atoms with Crippen LogP contribution in [0.15, 0.2) is 52.4 Å². The van der Waals surface area contributed by atoms with Crippen molar-refractivity contribution in [1.82, 2.24) is 23.8 Å². The van der Waals surface area contributed by atoms with Crippen molar-refractivity contribution in [2.45, 2.75) is 64.5 Å². The second-order valence-electron chi connectivity index (χ2n) is 12.1. The normalized spacial score (nSPS) is 15.3. The summed E-state index contributed by atoms with van der Waals surface area (Å²) in [4.78, 5) is 29.0. The summed E-state index contributed by atoms with van der Waals surface area (Å²) in [5.41, 5.74) is 2.47. The maximum atomic E-state index is 14.6. The number of carbonyl (C=O) groups is 1. The van der Waals surface area contributed by atoms with Crippen LogP contribution in [-0.4, -0.2) is 63.8 Å². The van der Waals surface area contributed by atoms with Crippen LogP contribution < -0.4 is 11.0 Å². The zero-order valence-electron chi connectivity index (χ0n) is 26.1. The number of sulfone groups is 1. The number of fused-ring (bicyclic) bond motifs is 1. The first kappa shape index (κ1) is 31.0. The second kappa shape index (κ2) is 11.0. The van der Waals surface area contributed by atoms with Crippen LogP contribution in [0, 0.1) is 19.7 Å². The third-order valence-electron chi connectivity index (χ3n) is 7.66. The van der Waals surface area contributed by atoms with Crippen molar-refractivity contribution in [3.8, 4) is 17.2 Å². The number of carbonyl (C=O) groups excluding carboxylic acids is 1. The number of halogens is 1. The number of nitrogens with zero attached hydrogens (tertiary/aromatic N) is 5. The van der Waals surface area contributed by atoms with E-state index in [4.69, 9.17) is 9.84 Å². The van der Waals surface area contributed by atoms with Gasteiger partial charge in [0.1, 0.15) is 17.2 Å². The summed E-state index contributed by atoms with van der Waals surface area (Å²) in [7, 11) is -1.90. The highest BCUT2D eigenvalue weighted by atomic mass is 32.2. The molecule has 1 aliphatic rings. The predicted octanol–water partition coefficient (Wildman–Crippen LogP) is 4.87. The Bertz CT molecular complexity index is 1930. The number of aromatic nitrogens is 4. The molecule has 0 unspecified atom stereocenters. The van der Waals surface area contributed by atoms with Gasteiger partial charge < -0.3 is 15.0 Å². The molecule has 0 spiro atoms. The van der Waals surface area contributed by atoms with Gasteiger partial charge in [0.2, 0.25) is 0 Å². The Morgan fingerprint density at radius 2 is 1.70 bits per heavy atom. The standard InChI is InChI=1S/C31H37FN6O5S/c1-18-15-22(16-19(2)27(18)32)38-28(26-20(3)35(12-11-23(26)34-38)30(40)43-31(4,5)6)37-14-13-36(29(37)39)21-9-10-25(44(8,41)42)24(17-21)33-7/h9-10,13-17,20,33H,11-12H2,1-8H3/t20-/m0/s1. The molecule has 11 nitrogen and oxygen atoms in total. The van der Waals surface area contributed by atoms with Crippen LogP contribution in [0.25, 0.3) is 17.2 Å². The summed E-state index contributed by atoms with van der Waals surface area (Å²) >= 11 is 0. The molecule has 2 aromatic carbocycles. The van der Waals surface area contributed by atoms with Crippen LogP contribution >= 0.6 is 0 Å². The van der Waals surface area contributed by atoms with Gasteiger partial charge in [-0.1, -0.05) is 0 Å². The molecule has 5 rings (SSSR count). The van der Waals surface area contributed by atoms with E-state index in [1.54, 1.807) is 87.9 Å². The third kappa shape index (κ3) is 5.51. The Kier molecular flexibility index (Phi) is 7.73. The van der Waals surface area contributed by atoms with Crippen LogP contribution in [0.1, 0.15) is 56.1 Å². The highest BCUT2D eigenvalue weighted by Gasteiger charge is 2.37. The Morgan fingerprint density at radius 3 is 2.30 bits per heavy atom. The molecule has 0 saturated heterocycles. The first-order chi connectivity index (χ1) is 20.5. The fourth-order valence-electron chi connectivity index (χ4n) is 5.60. The molecule has 0 bridgehead atoms. The molecular weight excluding hydrogens is 587 g/mol. The number of amides is 1. The van der Waals surface area contributed by atoms with E-state index < -0.39 is 33.3 Å². The second-order valence-corrected chi connectivity index (χ2v) is 14.1.